The SMILES string of the molecule is [C-]#[N+]c1ccc(NC(=O)CCSSCCC(=O)Nc2ccc(C#N)c(C(F)(F)F)c2)cc1C(F)(F)F. The molecule has 2 rings (SSSR count). The van der Waals surface area contributed by atoms with Crippen molar-refractivity contribution in [3.8, 4) is 6.07 Å². The number of hydrogen-bond donors (Lipinski definition) is 2. The van der Waals surface area contributed by atoms with Crippen molar-refractivity contribution in [2.45, 2.75) is 25.2 Å². The monoisotopic (exact) mass is 546 g/mol. The second kappa shape index (κ2) is 12.6. The molecule has 0 aliphatic heterocycles. The first-order valence-electron chi connectivity index (χ1n) is 9.89. The fourth-order valence-electron chi connectivity index (χ4n) is 2.73. The fourth-order valence-corrected chi connectivity index (χ4v) is 4.71. The minimum absolute atomic E-state index is 0.0265. The van der Waals surface area contributed by atoms with E-state index in [9.17, 15) is 35.9 Å². The molecule has 0 saturated heterocycles. The Bertz CT molecular complexity index is 1110. The maximum Gasteiger partial charge on any atom is 0.417 e. The molecule has 0 bridgehead atoms. The summed E-state index contributed by atoms with van der Waals surface area (Å²) in [5, 5.41) is 13.5. The van der Waals surface area contributed by atoms with Crippen molar-refractivity contribution in [2.75, 3.05) is 22.1 Å². The molecule has 0 aromatic heterocycles. The van der Waals surface area contributed by atoms with Crippen LogP contribution in [0.5, 0.6) is 0 Å². The molecule has 190 valence electrons. The second-order valence-corrected chi connectivity index (χ2v) is 9.65. The lowest BCUT2D eigenvalue weighted by atomic mass is 10.1. The highest BCUT2D eigenvalue weighted by molar-refractivity contribution is 8.76. The molecule has 2 aromatic carbocycles. The van der Waals surface area contributed by atoms with Gasteiger partial charge in [-0.1, -0.05) is 27.7 Å². The van der Waals surface area contributed by atoms with E-state index < -0.39 is 46.5 Å². The van der Waals surface area contributed by atoms with Gasteiger partial charge in [-0.05, 0) is 30.3 Å². The van der Waals surface area contributed by atoms with Gasteiger partial charge in [0.2, 0.25) is 11.8 Å². The molecule has 14 heteroatoms. The third-order valence-corrected chi connectivity index (χ3v) is 6.75. The third-order valence-electron chi connectivity index (χ3n) is 4.34. The molecular weight excluding hydrogens is 530 g/mol. The van der Waals surface area contributed by atoms with Crippen molar-refractivity contribution in [1.29, 1.82) is 5.26 Å². The van der Waals surface area contributed by atoms with Gasteiger partial charge >= 0.3 is 12.4 Å². The first-order chi connectivity index (χ1) is 16.8. The molecule has 0 saturated carbocycles. The van der Waals surface area contributed by atoms with Gasteiger partial charge in [0.25, 0.3) is 0 Å². The highest BCUT2D eigenvalue weighted by Gasteiger charge is 2.34. The predicted octanol–water partition coefficient (Wildman–Crippen LogP) is 6.89. The summed E-state index contributed by atoms with van der Waals surface area (Å²) in [5.41, 5.74) is -3.62. The Morgan fingerprint density at radius 1 is 0.861 bits per heavy atom. The van der Waals surface area contributed by atoms with Crippen LogP contribution in [0.3, 0.4) is 0 Å². The molecule has 0 aliphatic carbocycles. The number of halogens is 6. The van der Waals surface area contributed by atoms with E-state index >= 15 is 0 Å². The highest BCUT2D eigenvalue weighted by Crippen LogP contribution is 2.38. The average Bonchev–Trinajstić information content (AvgIpc) is 2.80. The van der Waals surface area contributed by atoms with Gasteiger partial charge < -0.3 is 10.6 Å². The molecular formula is C22H16F6N4O2S2. The Hall–Kier alpha value is -3.36. The van der Waals surface area contributed by atoms with Gasteiger partial charge in [-0.2, -0.15) is 31.6 Å². The summed E-state index contributed by atoms with van der Waals surface area (Å²) >= 11 is 0. The van der Waals surface area contributed by atoms with Crippen LogP contribution in [0.25, 0.3) is 4.85 Å². The largest absolute Gasteiger partial charge is 0.417 e. The van der Waals surface area contributed by atoms with Gasteiger partial charge in [0.15, 0.2) is 5.69 Å². The minimum atomic E-state index is -4.74. The zero-order valence-corrected chi connectivity index (χ0v) is 19.7. The zero-order valence-electron chi connectivity index (χ0n) is 18.1. The average molecular weight is 547 g/mol. The molecule has 2 aromatic rings. The van der Waals surface area contributed by atoms with Gasteiger partial charge in [0.1, 0.15) is 0 Å². The summed E-state index contributed by atoms with van der Waals surface area (Å²) in [7, 11) is 2.47. The Morgan fingerprint density at radius 2 is 1.33 bits per heavy atom. The molecule has 0 radical (unpaired) electrons. The molecule has 2 amide bonds. The van der Waals surface area contributed by atoms with Crippen LogP contribution in [0.15, 0.2) is 36.4 Å². The highest BCUT2D eigenvalue weighted by atomic mass is 33.1. The Morgan fingerprint density at radius 3 is 1.78 bits per heavy atom. The molecule has 0 aliphatic rings. The van der Waals surface area contributed by atoms with E-state index in [-0.39, 0.29) is 35.7 Å². The van der Waals surface area contributed by atoms with E-state index in [4.69, 9.17) is 11.8 Å². The number of hydrogen-bond acceptors (Lipinski definition) is 5. The molecule has 2 N–H and O–H groups in total. The number of amides is 2. The molecule has 0 unspecified atom stereocenters. The number of carbonyl (C=O) groups excluding carboxylic acids is 2. The van der Waals surface area contributed by atoms with Crippen LogP contribution < -0.4 is 10.6 Å². The molecule has 0 atom stereocenters. The fraction of sp³-hybridized carbons (Fsp3) is 0.273. The number of alkyl halides is 6. The smallest absolute Gasteiger partial charge is 0.326 e. The van der Waals surface area contributed by atoms with E-state index in [2.05, 4.69) is 15.5 Å². The normalized spacial score (nSPS) is 11.3. The van der Waals surface area contributed by atoms with Gasteiger partial charge in [-0.3, -0.25) is 9.59 Å². The van der Waals surface area contributed by atoms with Gasteiger partial charge in [0.05, 0.1) is 29.3 Å². The van der Waals surface area contributed by atoms with Crippen molar-refractivity contribution in [3.63, 3.8) is 0 Å². The Kier molecular flexibility index (Phi) is 10.1. The summed E-state index contributed by atoms with van der Waals surface area (Å²) in [6.45, 7) is 6.81. The quantitative estimate of drug-likeness (QED) is 0.155. The maximum absolute atomic E-state index is 13.0. The first-order valence-corrected chi connectivity index (χ1v) is 12.4. The van der Waals surface area contributed by atoms with E-state index in [0.29, 0.717) is 12.1 Å². The number of nitrogens with one attached hydrogen (secondary N) is 2. The second-order valence-electron chi connectivity index (χ2n) is 6.95. The molecule has 0 heterocycles. The third kappa shape index (κ3) is 8.70. The number of benzene rings is 2. The van der Waals surface area contributed by atoms with Crippen LogP contribution in [-0.4, -0.2) is 23.3 Å². The van der Waals surface area contributed by atoms with Crippen LogP contribution in [0.2, 0.25) is 0 Å². The van der Waals surface area contributed by atoms with Crippen LogP contribution in [0.1, 0.15) is 29.5 Å². The van der Waals surface area contributed by atoms with Crippen LogP contribution in [-0.2, 0) is 21.9 Å². The van der Waals surface area contributed by atoms with Crippen LogP contribution >= 0.6 is 21.6 Å². The first kappa shape index (κ1) is 28.9. The maximum atomic E-state index is 13.0. The minimum Gasteiger partial charge on any atom is -0.326 e. The van der Waals surface area contributed by atoms with Gasteiger partial charge in [-0.25, -0.2) is 4.85 Å². The standard InChI is InChI=1S/C22H16F6N4O2S2/c1-30-18-5-4-15(11-17(18)22(26,27)28)32-20(34)7-9-36-35-8-6-19(33)31-14-3-2-13(12-29)16(10-14)21(23,24)25/h2-5,10-11H,6-9H2,(H,31,33)(H,32,34). The van der Waals surface area contributed by atoms with Crippen LogP contribution in [0.4, 0.5) is 43.4 Å². The van der Waals surface area contributed by atoms with E-state index in [1.807, 2.05) is 0 Å². The number of nitrogens with zero attached hydrogens (tertiary/aromatic N) is 2. The van der Waals surface area contributed by atoms with Crippen molar-refractivity contribution < 1.29 is 35.9 Å². The van der Waals surface area contributed by atoms with Gasteiger partial charge in [0, 0.05) is 35.7 Å². The molecule has 0 fully saturated rings. The summed E-state index contributed by atoms with van der Waals surface area (Å²) < 4.78 is 78.0. The molecule has 36 heavy (non-hydrogen) atoms. The van der Waals surface area contributed by atoms with E-state index in [1.54, 1.807) is 0 Å². The summed E-state index contributed by atoms with van der Waals surface area (Å²) in [4.78, 5) is 26.8. The topological polar surface area (TPSA) is 86.3 Å². The van der Waals surface area contributed by atoms with E-state index in [1.165, 1.54) is 39.8 Å². The van der Waals surface area contributed by atoms with Crippen molar-refractivity contribution in [1.82, 2.24) is 0 Å². The molecule has 6 nitrogen and oxygen atoms in total. The lowest BCUT2D eigenvalue weighted by molar-refractivity contribution is -0.138. The number of carbonyl (C=O) groups is 2. The summed E-state index contributed by atoms with van der Waals surface area (Å²) in [6.07, 6.45) is -9.54. The van der Waals surface area contributed by atoms with Crippen molar-refractivity contribution in [3.05, 3.63) is 64.5 Å². The predicted molar refractivity (Wildman–Crippen MR) is 125 cm³/mol. The summed E-state index contributed by atoms with van der Waals surface area (Å²) in [5.74, 6) is -0.504. The lowest BCUT2D eigenvalue weighted by Crippen LogP contribution is -2.14. The number of nitriles is 1. The van der Waals surface area contributed by atoms with E-state index in [0.717, 1.165) is 12.1 Å². The van der Waals surface area contributed by atoms with Crippen molar-refractivity contribution >= 4 is 50.5 Å². The van der Waals surface area contributed by atoms with Crippen molar-refractivity contribution in [2.24, 2.45) is 0 Å². The lowest BCUT2D eigenvalue weighted by Gasteiger charge is -2.12. The number of rotatable bonds is 9. The van der Waals surface area contributed by atoms with Gasteiger partial charge in [-0.15, -0.1) is 0 Å². The zero-order chi connectivity index (χ0) is 26.9. The summed E-state index contributed by atoms with van der Waals surface area (Å²) in [6, 6.07) is 7.16. The number of anilines is 2. The Labute approximate surface area is 209 Å². The Balaban J connectivity index is 1.74. The molecule has 0 spiro atoms. The van der Waals surface area contributed by atoms with Crippen LogP contribution in [0, 0.1) is 17.9 Å².